The van der Waals surface area contributed by atoms with Crippen molar-refractivity contribution in [1.29, 1.82) is 0 Å². The van der Waals surface area contributed by atoms with Gasteiger partial charge in [0.25, 0.3) is 5.92 Å². The normalized spacial score (nSPS) is 15.7. The highest BCUT2D eigenvalue weighted by molar-refractivity contribution is 5.63. The number of nitrogens with one attached hydrogen (secondary N) is 1. The second-order valence-electron chi connectivity index (χ2n) is 8.43. The Morgan fingerprint density at radius 3 is 2.50 bits per heavy atom. The molecular weight excluding hydrogens is 487 g/mol. The number of hydrogen-bond acceptors (Lipinski definition) is 7. The summed E-state index contributed by atoms with van der Waals surface area (Å²) in [6.45, 7) is 0.119. The molecule has 1 fully saturated rings. The van der Waals surface area contributed by atoms with Crippen molar-refractivity contribution in [2.75, 3.05) is 37.0 Å². The van der Waals surface area contributed by atoms with Crippen LogP contribution in [0.15, 0.2) is 36.8 Å². The van der Waals surface area contributed by atoms with E-state index in [1.807, 2.05) is 13.1 Å². The van der Waals surface area contributed by atoms with Crippen molar-refractivity contribution in [3.8, 4) is 11.4 Å². The van der Waals surface area contributed by atoms with Crippen molar-refractivity contribution >= 4 is 17.5 Å². The molecule has 1 aliphatic rings. The summed E-state index contributed by atoms with van der Waals surface area (Å²) in [7, 11) is 1.52. The minimum atomic E-state index is -4.48. The molecule has 0 bridgehead atoms. The first-order valence-electron chi connectivity index (χ1n) is 11.1. The Morgan fingerprint density at radius 1 is 1.11 bits per heavy atom. The number of aryl methyl sites for hydroxylation is 1. The van der Waals surface area contributed by atoms with E-state index in [0.29, 0.717) is 17.3 Å². The maximum Gasteiger partial charge on any atom is 0.411 e. The van der Waals surface area contributed by atoms with E-state index in [-0.39, 0.29) is 37.6 Å². The number of aromatic nitrogens is 4. The zero-order chi connectivity index (χ0) is 25.9. The number of nitrogens with zero attached hydrogens (tertiary/aromatic N) is 5. The number of ether oxygens (including phenoxy) is 2. The van der Waals surface area contributed by atoms with Crippen molar-refractivity contribution in [2.45, 2.75) is 38.5 Å². The summed E-state index contributed by atoms with van der Waals surface area (Å²) < 4.78 is 76.9. The molecular formula is C23H25F5N6O2. The Balaban J connectivity index is 1.59. The zero-order valence-corrected chi connectivity index (χ0v) is 19.6. The highest BCUT2D eigenvalue weighted by atomic mass is 19.4. The lowest BCUT2D eigenvalue weighted by molar-refractivity contribution is -0.176. The molecule has 0 amide bonds. The van der Waals surface area contributed by atoms with Crippen molar-refractivity contribution in [3.63, 3.8) is 0 Å². The van der Waals surface area contributed by atoms with E-state index >= 15 is 0 Å². The summed E-state index contributed by atoms with van der Waals surface area (Å²) >= 11 is 0. The Bertz CT molecular complexity index is 1190. The summed E-state index contributed by atoms with van der Waals surface area (Å²) in [4.78, 5) is 14.6. The molecule has 1 saturated heterocycles. The number of hydrogen-bond donors (Lipinski definition) is 1. The van der Waals surface area contributed by atoms with E-state index in [9.17, 15) is 22.0 Å². The summed E-state index contributed by atoms with van der Waals surface area (Å²) in [5.41, 5.74) is 2.31. The molecule has 0 aliphatic carbocycles. The molecule has 1 N–H and O–H groups in total. The SMILES string of the molecule is COc1cc(Nc2nc(COCC(F)(F)F)cc(N3CCC(F)(F)CC3)n2)ccc1-n1cnc(C)c1. The van der Waals surface area contributed by atoms with Gasteiger partial charge in [-0.05, 0) is 19.1 Å². The lowest BCUT2D eigenvalue weighted by Crippen LogP contribution is -2.39. The van der Waals surface area contributed by atoms with Gasteiger partial charge in [-0.2, -0.15) is 18.2 Å². The molecule has 3 aromatic rings. The van der Waals surface area contributed by atoms with E-state index in [0.717, 1.165) is 11.4 Å². The topological polar surface area (TPSA) is 77.3 Å². The maximum atomic E-state index is 13.6. The Hall–Kier alpha value is -3.48. The van der Waals surface area contributed by atoms with Crippen LogP contribution in [0.1, 0.15) is 24.2 Å². The minimum Gasteiger partial charge on any atom is -0.494 e. The molecule has 4 rings (SSSR count). The molecule has 194 valence electrons. The quantitative estimate of drug-likeness (QED) is 0.424. The summed E-state index contributed by atoms with van der Waals surface area (Å²) in [5.74, 6) is -1.81. The predicted octanol–water partition coefficient (Wildman–Crippen LogP) is 5.04. The average Bonchev–Trinajstić information content (AvgIpc) is 3.24. The summed E-state index contributed by atoms with van der Waals surface area (Å²) in [6.07, 6.45) is -1.67. The van der Waals surface area contributed by atoms with Crippen LogP contribution in [0.5, 0.6) is 5.75 Å². The van der Waals surface area contributed by atoms with E-state index in [1.165, 1.54) is 13.2 Å². The number of benzene rings is 1. The fourth-order valence-corrected chi connectivity index (χ4v) is 3.76. The van der Waals surface area contributed by atoms with Crippen LogP contribution in [0.2, 0.25) is 0 Å². The average molecular weight is 512 g/mol. The smallest absolute Gasteiger partial charge is 0.411 e. The minimum absolute atomic E-state index is 0.0547. The molecule has 0 unspecified atom stereocenters. The van der Waals surface area contributed by atoms with Crippen LogP contribution in [-0.2, 0) is 11.3 Å². The van der Waals surface area contributed by atoms with Gasteiger partial charge in [0.2, 0.25) is 5.95 Å². The zero-order valence-electron chi connectivity index (χ0n) is 19.6. The van der Waals surface area contributed by atoms with Gasteiger partial charge in [0.1, 0.15) is 18.2 Å². The van der Waals surface area contributed by atoms with E-state index in [2.05, 4.69) is 20.3 Å². The molecule has 1 aliphatic heterocycles. The van der Waals surface area contributed by atoms with Gasteiger partial charge in [-0.25, -0.2) is 18.7 Å². The van der Waals surface area contributed by atoms with E-state index in [1.54, 1.807) is 34.0 Å². The maximum absolute atomic E-state index is 13.6. The Morgan fingerprint density at radius 2 is 1.86 bits per heavy atom. The molecule has 8 nitrogen and oxygen atoms in total. The summed E-state index contributed by atoms with van der Waals surface area (Å²) in [5, 5.41) is 3.03. The van der Waals surface area contributed by atoms with Crippen LogP contribution in [0.3, 0.4) is 0 Å². The lowest BCUT2D eigenvalue weighted by Gasteiger charge is -2.32. The van der Waals surface area contributed by atoms with E-state index in [4.69, 9.17) is 9.47 Å². The van der Waals surface area contributed by atoms with Crippen molar-refractivity contribution in [1.82, 2.24) is 19.5 Å². The monoisotopic (exact) mass is 512 g/mol. The first-order chi connectivity index (χ1) is 17.0. The lowest BCUT2D eigenvalue weighted by atomic mass is 10.1. The van der Waals surface area contributed by atoms with Crippen LogP contribution in [0.25, 0.3) is 5.69 Å². The van der Waals surface area contributed by atoms with Gasteiger partial charge in [0.05, 0.1) is 37.1 Å². The number of alkyl halides is 5. The van der Waals surface area contributed by atoms with E-state index < -0.39 is 25.3 Å². The van der Waals surface area contributed by atoms with Gasteiger partial charge >= 0.3 is 6.18 Å². The number of piperidine rings is 1. The molecule has 0 spiro atoms. The predicted molar refractivity (Wildman–Crippen MR) is 122 cm³/mol. The molecule has 3 heterocycles. The van der Waals surface area contributed by atoms with Gasteiger partial charge in [0, 0.05) is 49.9 Å². The van der Waals surface area contributed by atoms with Gasteiger partial charge in [-0.1, -0.05) is 0 Å². The Kier molecular flexibility index (Phi) is 7.29. The molecule has 13 heteroatoms. The highest BCUT2D eigenvalue weighted by Crippen LogP contribution is 2.32. The first-order valence-corrected chi connectivity index (χ1v) is 11.1. The van der Waals surface area contributed by atoms with Crippen molar-refractivity contribution < 1.29 is 31.4 Å². The second-order valence-corrected chi connectivity index (χ2v) is 8.43. The number of imidazole rings is 1. The molecule has 0 radical (unpaired) electrons. The number of rotatable bonds is 8. The highest BCUT2D eigenvalue weighted by Gasteiger charge is 2.34. The number of anilines is 3. The molecule has 36 heavy (non-hydrogen) atoms. The number of methoxy groups -OCH3 is 1. The first kappa shape index (κ1) is 25.6. The van der Waals surface area contributed by atoms with Gasteiger partial charge in [0.15, 0.2) is 0 Å². The Labute approximate surface area is 204 Å². The largest absolute Gasteiger partial charge is 0.494 e. The molecule has 1 aromatic carbocycles. The van der Waals surface area contributed by atoms with Crippen LogP contribution in [-0.4, -0.2) is 58.4 Å². The van der Waals surface area contributed by atoms with Gasteiger partial charge < -0.3 is 24.3 Å². The van der Waals surface area contributed by atoms with Crippen molar-refractivity contribution in [3.05, 3.63) is 48.2 Å². The third-order valence-corrected chi connectivity index (χ3v) is 5.53. The van der Waals surface area contributed by atoms with Crippen LogP contribution in [0, 0.1) is 6.92 Å². The van der Waals surface area contributed by atoms with Crippen LogP contribution < -0.4 is 15.0 Å². The second kappa shape index (κ2) is 10.2. The molecule has 2 aromatic heterocycles. The van der Waals surface area contributed by atoms with Crippen LogP contribution in [0.4, 0.5) is 39.4 Å². The third-order valence-electron chi connectivity index (χ3n) is 5.53. The van der Waals surface area contributed by atoms with Gasteiger partial charge in [-0.15, -0.1) is 0 Å². The fraction of sp³-hybridized carbons (Fsp3) is 0.435. The van der Waals surface area contributed by atoms with Gasteiger partial charge in [-0.3, -0.25) is 0 Å². The third kappa shape index (κ3) is 6.59. The van der Waals surface area contributed by atoms with Crippen molar-refractivity contribution in [2.24, 2.45) is 0 Å². The molecule has 0 atom stereocenters. The number of halogens is 5. The standard InChI is InChI=1S/C23H25F5N6O2/c1-15-11-34(14-29-15)18-4-3-16(9-19(18)35-2)30-21-31-17(12-36-13-23(26,27)28)10-20(32-21)33-7-5-22(24,25)6-8-33/h3-4,9-11,14H,5-8,12-13H2,1-2H3,(H,30,31,32). The molecule has 0 saturated carbocycles. The van der Waals surface area contributed by atoms with Crippen LogP contribution >= 0.6 is 0 Å². The summed E-state index contributed by atoms with van der Waals surface area (Å²) in [6, 6.07) is 6.72. The fourth-order valence-electron chi connectivity index (χ4n) is 3.76.